The zero-order valence-corrected chi connectivity index (χ0v) is 8.95. The molecule has 0 fully saturated rings. The highest BCUT2D eigenvalue weighted by molar-refractivity contribution is 5.63. The van der Waals surface area contributed by atoms with Crippen LogP contribution in [0.2, 0.25) is 0 Å². The molecule has 0 spiro atoms. The van der Waals surface area contributed by atoms with E-state index in [2.05, 4.69) is 5.32 Å². The Kier molecular flexibility index (Phi) is 3.81. The number of allylic oxidation sites excluding steroid dienone is 1. The summed E-state index contributed by atoms with van der Waals surface area (Å²) < 4.78 is 13.1. The number of anilines is 1. The van der Waals surface area contributed by atoms with Gasteiger partial charge in [0.15, 0.2) is 0 Å². The molecule has 0 bridgehead atoms. The topological polar surface area (TPSA) is 83.4 Å². The number of nitriles is 3. The summed E-state index contributed by atoms with van der Waals surface area (Å²) in [5, 5.41) is 28.5. The molecule has 1 aromatic carbocycles. The SMILES string of the molecule is Cc1cc(F)cc(NC=C(C#N)C#N)c1C#N. The third-order valence-corrected chi connectivity index (χ3v) is 2.03. The van der Waals surface area contributed by atoms with Crippen molar-refractivity contribution >= 4 is 5.69 Å². The van der Waals surface area contributed by atoms with Gasteiger partial charge in [0, 0.05) is 6.20 Å². The van der Waals surface area contributed by atoms with Crippen molar-refractivity contribution in [2.24, 2.45) is 0 Å². The molecule has 5 heteroatoms. The van der Waals surface area contributed by atoms with Crippen LogP contribution in [0.3, 0.4) is 0 Å². The van der Waals surface area contributed by atoms with Crippen molar-refractivity contribution in [3.05, 3.63) is 40.8 Å². The number of halogens is 1. The third-order valence-electron chi connectivity index (χ3n) is 2.03. The van der Waals surface area contributed by atoms with E-state index in [0.29, 0.717) is 5.56 Å². The fourth-order valence-electron chi connectivity index (χ4n) is 1.24. The van der Waals surface area contributed by atoms with Crippen LogP contribution in [-0.4, -0.2) is 0 Å². The second kappa shape index (κ2) is 5.30. The molecule has 0 aliphatic carbocycles. The lowest BCUT2D eigenvalue weighted by Gasteiger charge is -2.06. The van der Waals surface area contributed by atoms with Crippen molar-refractivity contribution in [1.82, 2.24) is 0 Å². The van der Waals surface area contributed by atoms with Gasteiger partial charge in [0.25, 0.3) is 0 Å². The summed E-state index contributed by atoms with van der Waals surface area (Å²) in [5.74, 6) is -0.493. The zero-order valence-electron chi connectivity index (χ0n) is 8.95. The molecule has 0 saturated carbocycles. The van der Waals surface area contributed by atoms with E-state index in [1.54, 1.807) is 19.1 Å². The Morgan fingerprint density at radius 1 is 1.29 bits per heavy atom. The fraction of sp³-hybridized carbons (Fsp3) is 0.0833. The Labute approximate surface area is 97.8 Å². The van der Waals surface area contributed by atoms with Crippen LogP contribution in [0.5, 0.6) is 0 Å². The first kappa shape index (κ1) is 12.2. The first-order valence-corrected chi connectivity index (χ1v) is 4.59. The zero-order chi connectivity index (χ0) is 12.8. The van der Waals surface area contributed by atoms with Gasteiger partial charge in [-0.25, -0.2) is 4.39 Å². The number of hydrogen-bond donors (Lipinski definition) is 1. The van der Waals surface area contributed by atoms with Gasteiger partial charge in [-0.3, -0.25) is 0 Å². The monoisotopic (exact) mass is 226 g/mol. The number of hydrogen-bond acceptors (Lipinski definition) is 4. The van der Waals surface area contributed by atoms with Gasteiger partial charge in [0.1, 0.15) is 29.6 Å². The summed E-state index contributed by atoms with van der Waals surface area (Å²) in [5.41, 5.74) is 0.834. The lowest BCUT2D eigenvalue weighted by Crippen LogP contribution is -1.97. The first-order valence-electron chi connectivity index (χ1n) is 4.59. The normalized spacial score (nSPS) is 8.41. The predicted octanol–water partition coefficient (Wildman–Crippen LogP) is 2.35. The number of aryl methyl sites for hydroxylation is 1. The Balaban J connectivity index is 3.18. The van der Waals surface area contributed by atoms with E-state index in [4.69, 9.17) is 15.8 Å². The molecule has 0 heterocycles. The molecule has 4 nitrogen and oxygen atoms in total. The molecule has 0 radical (unpaired) electrons. The number of benzene rings is 1. The number of nitrogens with zero attached hydrogens (tertiary/aromatic N) is 3. The second-order valence-corrected chi connectivity index (χ2v) is 3.18. The largest absolute Gasteiger partial charge is 0.359 e. The van der Waals surface area contributed by atoms with Crippen LogP contribution in [0, 0.1) is 46.7 Å². The van der Waals surface area contributed by atoms with Crippen molar-refractivity contribution < 1.29 is 4.39 Å². The Morgan fingerprint density at radius 3 is 2.47 bits per heavy atom. The third kappa shape index (κ3) is 2.81. The molecule has 0 saturated heterocycles. The van der Waals surface area contributed by atoms with Crippen LogP contribution >= 0.6 is 0 Å². The fourth-order valence-corrected chi connectivity index (χ4v) is 1.24. The van der Waals surface area contributed by atoms with Gasteiger partial charge in [-0.15, -0.1) is 0 Å². The number of nitrogens with one attached hydrogen (secondary N) is 1. The molecular formula is C12H7FN4. The van der Waals surface area contributed by atoms with Crippen molar-refractivity contribution in [2.45, 2.75) is 6.92 Å². The van der Waals surface area contributed by atoms with Gasteiger partial charge >= 0.3 is 0 Å². The molecule has 1 aromatic rings. The Morgan fingerprint density at radius 2 is 1.94 bits per heavy atom. The van der Waals surface area contributed by atoms with Gasteiger partial charge in [0.05, 0.1) is 11.3 Å². The highest BCUT2D eigenvalue weighted by Gasteiger charge is 2.07. The lowest BCUT2D eigenvalue weighted by molar-refractivity contribution is 0.627. The maximum atomic E-state index is 13.1. The number of rotatable bonds is 2. The molecular weight excluding hydrogens is 219 g/mol. The standard InChI is InChI=1S/C12H7FN4/c1-8-2-10(13)3-12(11(8)6-16)17-7-9(4-14)5-15/h2-3,7,17H,1H3. The molecule has 1 rings (SSSR count). The minimum Gasteiger partial charge on any atom is -0.359 e. The highest BCUT2D eigenvalue weighted by Crippen LogP contribution is 2.20. The summed E-state index contributed by atoms with van der Waals surface area (Å²) in [6.45, 7) is 1.60. The van der Waals surface area contributed by atoms with E-state index in [9.17, 15) is 4.39 Å². The summed E-state index contributed by atoms with van der Waals surface area (Å²) in [6.07, 6.45) is 1.13. The van der Waals surface area contributed by atoms with E-state index in [1.165, 1.54) is 6.07 Å². The van der Waals surface area contributed by atoms with Gasteiger partial charge in [-0.1, -0.05) is 0 Å². The maximum absolute atomic E-state index is 13.1. The first-order chi connectivity index (χ1) is 8.12. The molecule has 0 aliphatic rings. The summed E-state index contributed by atoms with van der Waals surface area (Å²) in [7, 11) is 0. The van der Waals surface area contributed by atoms with Crippen LogP contribution in [-0.2, 0) is 0 Å². The van der Waals surface area contributed by atoms with E-state index >= 15 is 0 Å². The van der Waals surface area contributed by atoms with Crippen LogP contribution in [0.15, 0.2) is 23.9 Å². The average Bonchev–Trinajstić information content (AvgIpc) is 2.29. The minimum absolute atomic E-state index is 0.157. The summed E-state index contributed by atoms with van der Waals surface area (Å²) in [6, 6.07) is 7.60. The highest BCUT2D eigenvalue weighted by atomic mass is 19.1. The molecule has 0 aromatic heterocycles. The minimum atomic E-state index is -0.493. The van der Waals surface area contributed by atoms with Crippen molar-refractivity contribution in [1.29, 1.82) is 15.8 Å². The molecule has 17 heavy (non-hydrogen) atoms. The summed E-state index contributed by atoms with van der Waals surface area (Å²) in [4.78, 5) is 0. The van der Waals surface area contributed by atoms with E-state index in [1.807, 2.05) is 6.07 Å². The van der Waals surface area contributed by atoms with Gasteiger partial charge in [-0.2, -0.15) is 15.8 Å². The van der Waals surface area contributed by atoms with E-state index in [-0.39, 0.29) is 16.8 Å². The Bertz CT molecular complexity index is 581. The molecule has 0 amide bonds. The second-order valence-electron chi connectivity index (χ2n) is 3.18. The molecule has 0 unspecified atom stereocenters. The Hall–Kier alpha value is -2.84. The summed E-state index contributed by atoms with van der Waals surface area (Å²) >= 11 is 0. The molecule has 1 N–H and O–H groups in total. The van der Waals surface area contributed by atoms with Gasteiger partial charge in [0.2, 0.25) is 0 Å². The maximum Gasteiger partial charge on any atom is 0.145 e. The average molecular weight is 226 g/mol. The predicted molar refractivity (Wildman–Crippen MR) is 58.8 cm³/mol. The quantitative estimate of drug-likeness (QED) is 0.784. The molecule has 82 valence electrons. The molecule has 0 aliphatic heterocycles. The van der Waals surface area contributed by atoms with Gasteiger partial charge in [-0.05, 0) is 24.6 Å². The van der Waals surface area contributed by atoms with Crippen molar-refractivity contribution in [2.75, 3.05) is 5.32 Å². The van der Waals surface area contributed by atoms with Gasteiger partial charge < -0.3 is 5.32 Å². The smallest absolute Gasteiger partial charge is 0.145 e. The van der Waals surface area contributed by atoms with Crippen LogP contribution in [0.25, 0.3) is 0 Å². The van der Waals surface area contributed by atoms with E-state index in [0.717, 1.165) is 12.3 Å². The van der Waals surface area contributed by atoms with Crippen LogP contribution < -0.4 is 5.32 Å². The van der Waals surface area contributed by atoms with Crippen LogP contribution in [0.1, 0.15) is 11.1 Å². The molecule has 0 atom stereocenters. The van der Waals surface area contributed by atoms with Crippen molar-refractivity contribution in [3.63, 3.8) is 0 Å². The van der Waals surface area contributed by atoms with Crippen molar-refractivity contribution in [3.8, 4) is 18.2 Å². The van der Waals surface area contributed by atoms with Crippen LogP contribution in [0.4, 0.5) is 10.1 Å². The lowest BCUT2D eigenvalue weighted by atomic mass is 10.1. The van der Waals surface area contributed by atoms with E-state index < -0.39 is 5.82 Å².